The molecule has 0 aliphatic heterocycles. The van der Waals surface area contributed by atoms with E-state index in [1.807, 2.05) is 13.8 Å². The molecular formula is C14H29N3O3Si. The average Bonchev–Trinajstić information content (AvgIpc) is 2.24. The summed E-state index contributed by atoms with van der Waals surface area (Å²) in [6, 6.07) is -0.444. The number of rotatable bonds is 8. The molecular weight excluding hydrogens is 286 g/mol. The lowest BCUT2D eigenvalue weighted by molar-refractivity contribution is -0.139. The van der Waals surface area contributed by atoms with Crippen LogP contribution in [0.4, 0.5) is 0 Å². The van der Waals surface area contributed by atoms with E-state index >= 15 is 0 Å². The van der Waals surface area contributed by atoms with Crippen LogP contribution in [0.2, 0.25) is 18.1 Å². The lowest BCUT2D eigenvalue weighted by atomic mass is 9.98. The molecule has 0 fully saturated rings. The van der Waals surface area contributed by atoms with Gasteiger partial charge in [0.05, 0.1) is 18.6 Å². The summed E-state index contributed by atoms with van der Waals surface area (Å²) in [6.45, 7) is 14.5. The smallest absolute Gasteiger partial charge is 0.305 e. The predicted molar refractivity (Wildman–Crippen MR) is 86.7 cm³/mol. The Hall–Kier alpha value is -1.04. The number of carboxylic acids is 1. The first-order chi connectivity index (χ1) is 9.40. The van der Waals surface area contributed by atoms with Gasteiger partial charge in [-0.2, -0.15) is 0 Å². The molecule has 0 aromatic carbocycles. The minimum atomic E-state index is -2.12. The Labute approximate surface area is 128 Å². The van der Waals surface area contributed by atoms with Crippen molar-refractivity contribution in [1.82, 2.24) is 0 Å². The summed E-state index contributed by atoms with van der Waals surface area (Å²) in [6.07, 6.45) is -0.0822. The number of hydrogen-bond acceptors (Lipinski definition) is 3. The quantitative estimate of drug-likeness (QED) is 0.307. The normalized spacial score (nSPS) is 15.4. The van der Waals surface area contributed by atoms with Crippen molar-refractivity contribution in [2.24, 2.45) is 11.0 Å². The van der Waals surface area contributed by atoms with Crippen molar-refractivity contribution >= 4 is 14.3 Å². The Morgan fingerprint density at radius 2 is 1.90 bits per heavy atom. The van der Waals surface area contributed by atoms with Crippen molar-refractivity contribution in [3.8, 4) is 0 Å². The molecule has 0 amide bonds. The number of hydrogen-bond donors (Lipinski definition) is 1. The van der Waals surface area contributed by atoms with Crippen LogP contribution in [0, 0.1) is 5.92 Å². The highest BCUT2D eigenvalue weighted by molar-refractivity contribution is 6.74. The number of aliphatic carboxylic acids is 1. The van der Waals surface area contributed by atoms with E-state index in [1.54, 1.807) is 0 Å². The number of carboxylic acid groups (broad SMARTS) is 1. The third kappa shape index (κ3) is 6.97. The van der Waals surface area contributed by atoms with Crippen LogP contribution in [-0.2, 0) is 9.22 Å². The van der Waals surface area contributed by atoms with Crippen LogP contribution in [0.3, 0.4) is 0 Å². The zero-order chi connectivity index (χ0) is 16.8. The summed E-state index contributed by atoms with van der Waals surface area (Å²) in [5, 5.41) is 12.9. The first-order valence-corrected chi connectivity index (χ1v) is 10.3. The molecule has 0 aromatic rings. The second-order valence-corrected chi connectivity index (χ2v) is 12.2. The Morgan fingerprint density at radius 3 is 2.24 bits per heavy atom. The van der Waals surface area contributed by atoms with Crippen molar-refractivity contribution in [3.63, 3.8) is 0 Å². The number of azide groups is 1. The molecule has 7 heteroatoms. The van der Waals surface area contributed by atoms with Crippen LogP contribution in [0.1, 0.15) is 47.5 Å². The van der Waals surface area contributed by atoms with Crippen LogP contribution in [0.25, 0.3) is 10.4 Å². The van der Waals surface area contributed by atoms with Gasteiger partial charge in [-0.15, -0.1) is 0 Å². The summed E-state index contributed by atoms with van der Waals surface area (Å²) >= 11 is 0. The molecule has 21 heavy (non-hydrogen) atoms. The van der Waals surface area contributed by atoms with Crippen LogP contribution in [0.15, 0.2) is 5.11 Å². The molecule has 0 saturated heterocycles. The molecule has 6 nitrogen and oxygen atoms in total. The Balaban J connectivity index is 5.34. The third-order valence-electron chi connectivity index (χ3n) is 3.97. The average molecular weight is 315 g/mol. The SMILES string of the molecule is CC(C)C[C@@H](N=[N+]=[N-])[C@H](CC(=O)O)O[Si](C)(C)C(C)(C)C. The Bertz CT molecular complexity index is 399. The molecule has 122 valence electrons. The maximum Gasteiger partial charge on any atom is 0.305 e. The molecule has 0 spiro atoms. The molecule has 0 aliphatic carbocycles. The van der Waals surface area contributed by atoms with Gasteiger partial charge in [-0.25, -0.2) is 0 Å². The minimum absolute atomic E-state index is 0.0253. The Kier molecular flexibility index (Phi) is 7.43. The van der Waals surface area contributed by atoms with E-state index in [2.05, 4.69) is 43.9 Å². The monoisotopic (exact) mass is 315 g/mol. The highest BCUT2D eigenvalue weighted by atomic mass is 28.4. The molecule has 0 saturated carbocycles. The maximum absolute atomic E-state index is 11.1. The molecule has 1 N–H and O–H groups in total. The lowest BCUT2D eigenvalue weighted by Crippen LogP contribution is -2.47. The highest BCUT2D eigenvalue weighted by Crippen LogP contribution is 2.38. The molecule has 0 rings (SSSR count). The molecule has 0 unspecified atom stereocenters. The number of nitrogens with zero attached hydrogens (tertiary/aromatic N) is 3. The van der Waals surface area contributed by atoms with Gasteiger partial charge in [-0.1, -0.05) is 39.7 Å². The van der Waals surface area contributed by atoms with Crippen molar-refractivity contribution in [1.29, 1.82) is 0 Å². The molecule has 0 aliphatic rings. The summed E-state index contributed by atoms with van der Waals surface area (Å²) in [4.78, 5) is 14.0. The van der Waals surface area contributed by atoms with Gasteiger partial charge in [0.15, 0.2) is 8.32 Å². The topological polar surface area (TPSA) is 95.3 Å². The van der Waals surface area contributed by atoms with Gasteiger partial charge in [0.2, 0.25) is 0 Å². The van der Waals surface area contributed by atoms with E-state index in [1.165, 1.54) is 0 Å². The lowest BCUT2D eigenvalue weighted by Gasteiger charge is -2.40. The highest BCUT2D eigenvalue weighted by Gasteiger charge is 2.41. The van der Waals surface area contributed by atoms with Crippen molar-refractivity contribution in [2.75, 3.05) is 0 Å². The van der Waals surface area contributed by atoms with Gasteiger partial charge >= 0.3 is 5.97 Å². The second kappa shape index (κ2) is 7.82. The van der Waals surface area contributed by atoms with Crippen LogP contribution < -0.4 is 0 Å². The summed E-state index contributed by atoms with van der Waals surface area (Å²) in [7, 11) is -2.12. The van der Waals surface area contributed by atoms with E-state index in [-0.39, 0.29) is 11.5 Å². The van der Waals surface area contributed by atoms with E-state index < -0.39 is 26.4 Å². The fourth-order valence-corrected chi connectivity index (χ4v) is 3.16. The summed E-state index contributed by atoms with van der Waals surface area (Å²) in [5.41, 5.74) is 8.76. The number of carbonyl (C=O) groups is 1. The largest absolute Gasteiger partial charge is 0.481 e. The fourth-order valence-electron chi connectivity index (χ4n) is 1.81. The van der Waals surface area contributed by atoms with E-state index in [4.69, 9.17) is 15.1 Å². The Morgan fingerprint density at radius 1 is 1.38 bits per heavy atom. The molecule has 2 atom stereocenters. The first kappa shape index (κ1) is 20.0. The zero-order valence-corrected chi connectivity index (χ0v) is 15.3. The van der Waals surface area contributed by atoms with Gasteiger partial charge in [-0.3, -0.25) is 4.79 Å². The third-order valence-corrected chi connectivity index (χ3v) is 8.47. The zero-order valence-electron chi connectivity index (χ0n) is 14.3. The van der Waals surface area contributed by atoms with Gasteiger partial charge in [0, 0.05) is 4.91 Å². The van der Waals surface area contributed by atoms with Gasteiger partial charge in [-0.05, 0) is 36.0 Å². The van der Waals surface area contributed by atoms with E-state index in [0.717, 1.165) is 0 Å². The van der Waals surface area contributed by atoms with Crippen molar-refractivity contribution in [2.45, 2.75) is 77.7 Å². The van der Waals surface area contributed by atoms with Crippen molar-refractivity contribution < 1.29 is 14.3 Å². The standard InChI is InChI=1S/C14H29N3O3Si/c1-10(2)8-11(16-17-15)12(9-13(18)19)20-21(6,7)14(3,4)5/h10-12H,8-9H2,1-7H3,(H,18,19)/t11-,12+/m1/s1. The van der Waals surface area contributed by atoms with Crippen LogP contribution in [0.5, 0.6) is 0 Å². The van der Waals surface area contributed by atoms with Gasteiger partial charge < -0.3 is 9.53 Å². The predicted octanol–water partition coefficient (Wildman–Crippen LogP) is 4.58. The minimum Gasteiger partial charge on any atom is -0.481 e. The van der Waals surface area contributed by atoms with Crippen LogP contribution in [-0.4, -0.2) is 31.5 Å². The second-order valence-electron chi connectivity index (χ2n) is 7.42. The molecule has 0 radical (unpaired) electrons. The summed E-state index contributed by atoms with van der Waals surface area (Å²) in [5.74, 6) is -0.625. The molecule has 0 heterocycles. The van der Waals surface area contributed by atoms with Crippen LogP contribution >= 0.6 is 0 Å². The van der Waals surface area contributed by atoms with E-state index in [9.17, 15) is 4.79 Å². The van der Waals surface area contributed by atoms with Crippen molar-refractivity contribution in [3.05, 3.63) is 10.4 Å². The molecule has 0 bridgehead atoms. The first-order valence-electron chi connectivity index (χ1n) is 7.34. The van der Waals surface area contributed by atoms with Gasteiger partial charge in [0.1, 0.15) is 0 Å². The summed E-state index contributed by atoms with van der Waals surface area (Å²) < 4.78 is 6.22. The fraction of sp³-hybridized carbons (Fsp3) is 0.929. The molecule has 0 aromatic heterocycles. The van der Waals surface area contributed by atoms with Gasteiger partial charge in [0.25, 0.3) is 0 Å². The van der Waals surface area contributed by atoms with E-state index in [0.29, 0.717) is 12.3 Å². The maximum atomic E-state index is 11.1.